The van der Waals surface area contributed by atoms with Crippen LogP contribution in [0, 0.1) is 19.8 Å². The van der Waals surface area contributed by atoms with E-state index < -0.39 is 0 Å². The van der Waals surface area contributed by atoms with Crippen LogP contribution >= 0.6 is 11.3 Å². The Morgan fingerprint density at radius 3 is 2.86 bits per heavy atom. The third-order valence-electron chi connectivity index (χ3n) is 4.88. The molecule has 1 aromatic carbocycles. The minimum Gasteiger partial charge on any atom is -0.383 e. The van der Waals surface area contributed by atoms with E-state index >= 15 is 0 Å². The molecule has 114 valence electrons. The zero-order chi connectivity index (χ0) is 15.4. The molecule has 3 nitrogen and oxygen atoms in total. The van der Waals surface area contributed by atoms with Crippen molar-refractivity contribution in [2.75, 3.05) is 5.73 Å². The van der Waals surface area contributed by atoms with Crippen LogP contribution in [0.1, 0.15) is 35.0 Å². The summed E-state index contributed by atoms with van der Waals surface area (Å²) in [5, 5.41) is 0. The van der Waals surface area contributed by atoms with Gasteiger partial charge < -0.3 is 5.73 Å². The van der Waals surface area contributed by atoms with Gasteiger partial charge in [-0.3, -0.25) is 4.40 Å². The molecule has 0 amide bonds. The summed E-state index contributed by atoms with van der Waals surface area (Å²) in [5.41, 5.74) is 12.5. The number of thiazole rings is 1. The summed E-state index contributed by atoms with van der Waals surface area (Å²) in [6.45, 7) is 6.59. The molecular formula is C18H21N3S. The highest BCUT2D eigenvalue weighted by Gasteiger charge is 2.24. The van der Waals surface area contributed by atoms with Crippen molar-refractivity contribution in [2.45, 2.75) is 40.0 Å². The van der Waals surface area contributed by atoms with Crippen LogP contribution in [-0.4, -0.2) is 9.38 Å². The average Bonchev–Trinajstić information content (AvgIpc) is 2.98. The van der Waals surface area contributed by atoms with E-state index in [1.807, 2.05) is 11.3 Å². The van der Waals surface area contributed by atoms with E-state index in [1.165, 1.54) is 34.5 Å². The summed E-state index contributed by atoms with van der Waals surface area (Å²) in [6.07, 6.45) is 3.53. The number of rotatable bonds is 1. The van der Waals surface area contributed by atoms with E-state index in [9.17, 15) is 0 Å². The number of fused-ring (bicyclic) bond motifs is 3. The highest BCUT2D eigenvalue weighted by atomic mass is 32.1. The molecule has 1 unspecified atom stereocenters. The van der Waals surface area contributed by atoms with E-state index in [1.54, 1.807) is 0 Å². The van der Waals surface area contributed by atoms with Crippen LogP contribution in [0.5, 0.6) is 0 Å². The normalized spacial score (nSPS) is 17.9. The van der Waals surface area contributed by atoms with Gasteiger partial charge in [-0.1, -0.05) is 19.1 Å². The van der Waals surface area contributed by atoms with Crippen molar-refractivity contribution in [1.82, 2.24) is 9.38 Å². The molecule has 0 aliphatic heterocycles. The Morgan fingerprint density at radius 2 is 2.09 bits per heavy atom. The average molecular weight is 311 g/mol. The molecule has 4 rings (SSSR count). The quantitative estimate of drug-likeness (QED) is 0.724. The number of nitrogens with zero attached hydrogens (tertiary/aromatic N) is 2. The zero-order valence-electron chi connectivity index (χ0n) is 13.3. The number of aryl methyl sites for hydroxylation is 3. The second kappa shape index (κ2) is 4.85. The van der Waals surface area contributed by atoms with Crippen molar-refractivity contribution in [3.8, 4) is 11.3 Å². The molecule has 3 aromatic rings. The first-order chi connectivity index (χ1) is 10.5. The van der Waals surface area contributed by atoms with Crippen molar-refractivity contribution in [2.24, 2.45) is 5.92 Å². The minimum absolute atomic E-state index is 0.774. The summed E-state index contributed by atoms with van der Waals surface area (Å²) in [5.74, 6) is 1.57. The van der Waals surface area contributed by atoms with Crippen LogP contribution in [0.15, 0.2) is 18.2 Å². The number of anilines is 1. The molecular weight excluding hydrogens is 290 g/mol. The maximum Gasteiger partial charge on any atom is 0.196 e. The predicted octanol–water partition coefficient (Wildman–Crippen LogP) is 4.39. The van der Waals surface area contributed by atoms with Gasteiger partial charge in [0.15, 0.2) is 4.96 Å². The van der Waals surface area contributed by atoms with Crippen molar-refractivity contribution in [3.05, 3.63) is 39.9 Å². The fraction of sp³-hybridized carbons (Fsp3) is 0.389. The third-order valence-corrected chi connectivity index (χ3v) is 5.98. The fourth-order valence-corrected chi connectivity index (χ4v) is 4.68. The highest BCUT2D eigenvalue weighted by molar-refractivity contribution is 7.17. The Hall–Kier alpha value is -1.81. The maximum atomic E-state index is 6.47. The van der Waals surface area contributed by atoms with Crippen LogP contribution in [-0.2, 0) is 12.8 Å². The predicted molar refractivity (Wildman–Crippen MR) is 93.6 cm³/mol. The van der Waals surface area contributed by atoms with E-state index in [-0.39, 0.29) is 0 Å². The fourth-order valence-electron chi connectivity index (χ4n) is 3.35. The van der Waals surface area contributed by atoms with Gasteiger partial charge >= 0.3 is 0 Å². The lowest BCUT2D eigenvalue weighted by molar-refractivity contribution is 0.499. The summed E-state index contributed by atoms with van der Waals surface area (Å²) < 4.78 is 2.19. The van der Waals surface area contributed by atoms with Gasteiger partial charge in [0.2, 0.25) is 0 Å². The van der Waals surface area contributed by atoms with Gasteiger partial charge in [0.25, 0.3) is 0 Å². The minimum atomic E-state index is 0.774. The van der Waals surface area contributed by atoms with E-state index in [0.29, 0.717) is 0 Å². The number of nitrogen functional groups attached to an aromatic ring is 1. The molecule has 0 spiro atoms. The second-order valence-electron chi connectivity index (χ2n) is 6.58. The molecule has 1 atom stereocenters. The Kier molecular flexibility index (Phi) is 3.05. The van der Waals surface area contributed by atoms with E-state index in [2.05, 4.69) is 43.4 Å². The van der Waals surface area contributed by atoms with Gasteiger partial charge in [-0.2, -0.15) is 0 Å². The zero-order valence-corrected chi connectivity index (χ0v) is 14.1. The lowest BCUT2D eigenvalue weighted by Gasteiger charge is -2.17. The van der Waals surface area contributed by atoms with Gasteiger partial charge in [-0.25, -0.2) is 4.98 Å². The standard InChI is InChI=1S/C18H21N3S/c1-10-4-7-14-15(8-10)22-18-20-16(17(19)21(14)18)13-6-5-11(2)12(3)9-13/h5-6,9-10H,4,7-8,19H2,1-3H3. The molecule has 2 heterocycles. The van der Waals surface area contributed by atoms with Gasteiger partial charge in [0, 0.05) is 16.1 Å². The Balaban J connectivity index is 1.88. The SMILES string of the molecule is Cc1ccc(-c2nc3sc4c(n3c2N)CCC(C)C4)cc1C. The number of imidazole rings is 1. The largest absolute Gasteiger partial charge is 0.383 e. The van der Waals surface area contributed by atoms with Crippen LogP contribution < -0.4 is 5.73 Å². The van der Waals surface area contributed by atoms with Gasteiger partial charge in [-0.05, 0) is 56.2 Å². The topological polar surface area (TPSA) is 43.3 Å². The Morgan fingerprint density at radius 1 is 1.27 bits per heavy atom. The molecule has 0 fully saturated rings. The first kappa shape index (κ1) is 13.8. The summed E-state index contributed by atoms with van der Waals surface area (Å²) >= 11 is 1.81. The number of hydrogen-bond acceptors (Lipinski definition) is 3. The first-order valence-electron chi connectivity index (χ1n) is 7.90. The number of aromatic nitrogens is 2. The second-order valence-corrected chi connectivity index (χ2v) is 7.64. The maximum absolute atomic E-state index is 6.47. The molecule has 0 saturated heterocycles. The molecule has 0 bridgehead atoms. The van der Waals surface area contributed by atoms with Crippen LogP contribution in [0.3, 0.4) is 0 Å². The number of nitrogens with two attached hydrogens (primary N) is 1. The van der Waals surface area contributed by atoms with E-state index in [4.69, 9.17) is 10.7 Å². The van der Waals surface area contributed by atoms with E-state index in [0.717, 1.165) is 34.4 Å². The molecule has 0 radical (unpaired) electrons. The van der Waals surface area contributed by atoms with Gasteiger partial charge in [0.1, 0.15) is 11.5 Å². The number of hydrogen-bond donors (Lipinski definition) is 1. The molecule has 22 heavy (non-hydrogen) atoms. The lowest BCUT2D eigenvalue weighted by atomic mass is 9.93. The molecule has 2 aromatic heterocycles. The van der Waals surface area contributed by atoms with Crippen molar-refractivity contribution in [3.63, 3.8) is 0 Å². The smallest absolute Gasteiger partial charge is 0.196 e. The summed E-state index contributed by atoms with van der Waals surface area (Å²) in [6, 6.07) is 6.46. The van der Waals surface area contributed by atoms with Crippen molar-refractivity contribution < 1.29 is 0 Å². The number of benzene rings is 1. The molecule has 1 aliphatic carbocycles. The Bertz CT molecular complexity index is 872. The van der Waals surface area contributed by atoms with Gasteiger partial charge in [-0.15, -0.1) is 11.3 Å². The van der Waals surface area contributed by atoms with Crippen molar-refractivity contribution in [1.29, 1.82) is 0 Å². The van der Waals surface area contributed by atoms with Crippen molar-refractivity contribution >= 4 is 22.1 Å². The monoisotopic (exact) mass is 311 g/mol. The van der Waals surface area contributed by atoms with Gasteiger partial charge in [0.05, 0.1) is 0 Å². The molecule has 0 saturated carbocycles. The summed E-state index contributed by atoms with van der Waals surface area (Å²) in [4.78, 5) is 7.36. The summed E-state index contributed by atoms with van der Waals surface area (Å²) in [7, 11) is 0. The highest BCUT2D eigenvalue weighted by Crippen LogP contribution is 2.37. The first-order valence-corrected chi connectivity index (χ1v) is 8.72. The van der Waals surface area contributed by atoms with Crippen LogP contribution in [0.25, 0.3) is 16.2 Å². The molecule has 2 N–H and O–H groups in total. The van der Waals surface area contributed by atoms with Crippen LogP contribution in [0.4, 0.5) is 5.82 Å². The Labute approximate surface area is 134 Å². The lowest BCUT2D eigenvalue weighted by Crippen LogP contribution is -2.11. The van der Waals surface area contributed by atoms with Crippen LogP contribution in [0.2, 0.25) is 0 Å². The third kappa shape index (κ3) is 1.97. The molecule has 4 heteroatoms. The molecule has 1 aliphatic rings.